The third-order valence-electron chi connectivity index (χ3n) is 3.50. The number of fused-ring (bicyclic) bond motifs is 1. The monoisotopic (exact) mass is 345 g/mol. The number of nitrogens with one attached hydrogen (secondary N) is 1. The lowest BCUT2D eigenvalue weighted by atomic mass is 10.3. The van der Waals surface area contributed by atoms with Gasteiger partial charge in [-0.05, 0) is 44.5 Å². The highest BCUT2D eigenvalue weighted by Gasteiger charge is 2.10. The zero-order valence-corrected chi connectivity index (χ0v) is 14.5. The van der Waals surface area contributed by atoms with E-state index in [0.717, 1.165) is 42.1 Å². The quantitative estimate of drug-likeness (QED) is 0.661. The zero-order valence-electron chi connectivity index (χ0n) is 13.7. The van der Waals surface area contributed by atoms with Gasteiger partial charge in [-0.25, -0.2) is 14.6 Å². The van der Waals surface area contributed by atoms with Gasteiger partial charge >= 0.3 is 0 Å². The molecule has 0 unspecified atom stereocenters. The minimum absolute atomic E-state index is 0.258. The summed E-state index contributed by atoms with van der Waals surface area (Å²) in [5.41, 5.74) is 1.66. The number of anilines is 1. The fourth-order valence-corrected chi connectivity index (χ4v) is 2.48. The predicted molar refractivity (Wildman–Crippen MR) is 95.9 cm³/mol. The Hall–Kier alpha value is -2.18. The Morgan fingerprint density at radius 3 is 2.75 bits per heavy atom. The van der Waals surface area contributed by atoms with E-state index in [1.165, 1.54) is 0 Å². The highest BCUT2D eigenvalue weighted by molar-refractivity contribution is 6.30. The van der Waals surface area contributed by atoms with Crippen molar-refractivity contribution in [2.75, 3.05) is 18.5 Å². The van der Waals surface area contributed by atoms with Crippen LogP contribution in [-0.4, -0.2) is 39.0 Å². The lowest BCUT2D eigenvalue weighted by Crippen LogP contribution is -2.10. The molecule has 0 fully saturated rings. The van der Waals surface area contributed by atoms with Crippen LogP contribution in [-0.2, 0) is 4.74 Å². The molecular formula is C17H20ClN5O. The van der Waals surface area contributed by atoms with Crippen LogP contribution in [0.5, 0.6) is 0 Å². The van der Waals surface area contributed by atoms with E-state index in [1.807, 2.05) is 38.1 Å². The van der Waals surface area contributed by atoms with Crippen LogP contribution >= 0.6 is 11.6 Å². The Morgan fingerprint density at radius 1 is 1.21 bits per heavy atom. The van der Waals surface area contributed by atoms with E-state index < -0.39 is 0 Å². The molecule has 3 aromatic rings. The maximum atomic E-state index is 5.94. The smallest absolute Gasteiger partial charge is 0.168 e. The van der Waals surface area contributed by atoms with E-state index in [-0.39, 0.29) is 6.10 Å². The maximum Gasteiger partial charge on any atom is 0.168 e. The maximum absolute atomic E-state index is 5.94. The van der Waals surface area contributed by atoms with E-state index in [0.29, 0.717) is 5.02 Å². The van der Waals surface area contributed by atoms with Crippen molar-refractivity contribution in [3.05, 3.63) is 41.8 Å². The first-order valence-corrected chi connectivity index (χ1v) is 8.33. The van der Waals surface area contributed by atoms with Crippen molar-refractivity contribution in [1.82, 2.24) is 19.7 Å². The largest absolute Gasteiger partial charge is 0.379 e. The molecule has 0 atom stereocenters. The number of rotatable bonds is 7. The molecule has 126 valence electrons. The van der Waals surface area contributed by atoms with Gasteiger partial charge in [0, 0.05) is 18.2 Å². The average Bonchev–Trinajstić information content (AvgIpc) is 3.00. The lowest BCUT2D eigenvalue weighted by Gasteiger charge is -2.09. The summed E-state index contributed by atoms with van der Waals surface area (Å²) in [7, 11) is 0. The van der Waals surface area contributed by atoms with E-state index >= 15 is 0 Å². The van der Waals surface area contributed by atoms with Crippen LogP contribution in [0.4, 0.5) is 5.82 Å². The first-order chi connectivity index (χ1) is 11.6. The molecule has 7 heteroatoms. The number of hydrogen-bond donors (Lipinski definition) is 1. The predicted octanol–water partition coefficient (Wildman–Crippen LogP) is 3.70. The number of ether oxygens (including phenoxy) is 1. The van der Waals surface area contributed by atoms with Gasteiger partial charge in [0.15, 0.2) is 5.65 Å². The molecule has 0 aliphatic carbocycles. The first-order valence-electron chi connectivity index (χ1n) is 7.95. The van der Waals surface area contributed by atoms with E-state index in [4.69, 9.17) is 16.3 Å². The molecular weight excluding hydrogens is 326 g/mol. The summed E-state index contributed by atoms with van der Waals surface area (Å²) in [5.74, 6) is 0.782. The Labute approximate surface area is 145 Å². The molecule has 0 aliphatic heterocycles. The summed E-state index contributed by atoms with van der Waals surface area (Å²) in [6, 6.07) is 7.49. The Balaban J connectivity index is 1.75. The molecule has 0 aliphatic rings. The third kappa shape index (κ3) is 3.83. The molecule has 0 amide bonds. The van der Waals surface area contributed by atoms with Crippen LogP contribution in [0, 0.1) is 0 Å². The molecule has 0 saturated heterocycles. The number of aromatic nitrogens is 4. The van der Waals surface area contributed by atoms with Crippen LogP contribution in [0.25, 0.3) is 16.7 Å². The molecule has 0 radical (unpaired) electrons. The number of nitrogens with zero attached hydrogens (tertiary/aromatic N) is 4. The Kier molecular flexibility index (Phi) is 5.27. The van der Waals surface area contributed by atoms with Gasteiger partial charge in [0.05, 0.1) is 23.4 Å². The minimum atomic E-state index is 0.258. The minimum Gasteiger partial charge on any atom is -0.379 e. The summed E-state index contributed by atoms with van der Waals surface area (Å²) < 4.78 is 7.32. The van der Waals surface area contributed by atoms with Gasteiger partial charge in [0.2, 0.25) is 0 Å². The van der Waals surface area contributed by atoms with Gasteiger partial charge in [0.1, 0.15) is 12.1 Å². The van der Waals surface area contributed by atoms with Crippen molar-refractivity contribution in [1.29, 1.82) is 0 Å². The highest BCUT2D eigenvalue weighted by Crippen LogP contribution is 2.22. The first kappa shape index (κ1) is 16.7. The fraction of sp³-hybridized carbons (Fsp3) is 0.353. The molecule has 2 heterocycles. The second-order valence-corrected chi connectivity index (χ2v) is 6.13. The number of hydrogen-bond acceptors (Lipinski definition) is 5. The number of benzene rings is 1. The van der Waals surface area contributed by atoms with E-state index in [2.05, 4.69) is 20.4 Å². The molecule has 2 aromatic heterocycles. The average molecular weight is 346 g/mol. The molecule has 0 spiro atoms. The normalized spacial score (nSPS) is 11.3. The Morgan fingerprint density at radius 2 is 2.00 bits per heavy atom. The third-order valence-corrected chi connectivity index (χ3v) is 3.75. The van der Waals surface area contributed by atoms with Crippen LogP contribution in [0.1, 0.15) is 20.3 Å². The van der Waals surface area contributed by atoms with Crippen molar-refractivity contribution in [2.45, 2.75) is 26.4 Å². The summed E-state index contributed by atoms with van der Waals surface area (Å²) >= 11 is 5.94. The van der Waals surface area contributed by atoms with Crippen LogP contribution in [0.2, 0.25) is 5.02 Å². The van der Waals surface area contributed by atoms with Crippen molar-refractivity contribution in [2.24, 2.45) is 0 Å². The number of halogens is 1. The second-order valence-electron chi connectivity index (χ2n) is 5.69. The van der Waals surface area contributed by atoms with Gasteiger partial charge in [-0.3, -0.25) is 0 Å². The van der Waals surface area contributed by atoms with Gasteiger partial charge in [-0.2, -0.15) is 5.10 Å². The fourth-order valence-electron chi connectivity index (χ4n) is 2.35. The van der Waals surface area contributed by atoms with E-state index in [1.54, 1.807) is 17.2 Å². The van der Waals surface area contributed by atoms with Crippen LogP contribution < -0.4 is 5.32 Å². The van der Waals surface area contributed by atoms with Crippen LogP contribution in [0.15, 0.2) is 36.8 Å². The Bertz CT molecular complexity index is 800. The molecule has 1 aromatic carbocycles. The van der Waals surface area contributed by atoms with E-state index in [9.17, 15) is 0 Å². The van der Waals surface area contributed by atoms with Gasteiger partial charge in [0.25, 0.3) is 0 Å². The molecule has 1 N–H and O–H groups in total. The van der Waals surface area contributed by atoms with Gasteiger partial charge in [-0.1, -0.05) is 11.6 Å². The van der Waals surface area contributed by atoms with Crippen molar-refractivity contribution in [3.8, 4) is 5.69 Å². The second kappa shape index (κ2) is 7.59. The zero-order chi connectivity index (χ0) is 16.9. The van der Waals surface area contributed by atoms with Crippen molar-refractivity contribution < 1.29 is 4.74 Å². The van der Waals surface area contributed by atoms with Gasteiger partial charge in [-0.15, -0.1) is 0 Å². The summed E-state index contributed by atoms with van der Waals surface area (Å²) in [6.45, 7) is 5.58. The molecule has 0 saturated carbocycles. The highest BCUT2D eigenvalue weighted by atomic mass is 35.5. The van der Waals surface area contributed by atoms with Crippen molar-refractivity contribution in [3.63, 3.8) is 0 Å². The van der Waals surface area contributed by atoms with Gasteiger partial charge < -0.3 is 10.1 Å². The van der Waals surface area contributed by atoms with Crippen molar-refractivity contribution >= 4 is 28.5 Å². The molecule has 3 rings (SSSR count). The topological polar surface area (TPSA) is 64.9 Å². The molecule has 0 bridgehead atoms. The molecule has 6 nitrogen and oxygen atoms in total. The standard InChI is InChI=1S/C17H20ClN5O/c1-12(2)24-9-3-8-19-16-15-10-22-23(17(15)21-11-20-16)14-6-4-13(18)5-7-14/h4-7,10-12H,3,8-9H2,1-2H3,(H,19,20,21). The summed E-state index contributed by atoms with van der Waals surface area (Å²) in [6.07, 6.45) is 4.49. The molecule has 24 heavy (non-hydrogen) atoms. The summed E-state index contributed by atoms with van der Waals surface area (Å²) in [5, 5.41) is 9.34. The SMILES string of the molecule is CC(C)OCCCNc1ncnc2c1cnn2-c1ccc(Cl)cc1. The lowest BCUT2D eigenvalue weighted by molar-refractivity contribution is 0.0787. The summed E-state index contributed by atoms with van der Waals surface area (Å²) in [4.78, 5) is 8.68. The van der Waals surface area contributed by atoms with Crippen LogP contribution in [0.3, 0.4) is 0 Å².